The van der Waals surface area contributed by atoms with E-state index in [1.165, 1.54) is 30.4 Å². The molecule has 0 bridgehead atoms. The van der Waals surface area contributed by atoms with E-state index in [2.05, 4.69) is 71.1 Å². The molecule has 1 N–H and O–H groups in total. The first-order valence-corrected chi connectivity index (χ1v) is 8.64. The Kier molecular flexibility index (Phi) is 5.14. The minimum Gasteiger partial charge on any atom is -0.307 e. The molecule has 1 fully saturated rings. The summed E-state index contributed by atoms with van der Waals surface area (Å²) in [5, 5.41) is 3.87. The molecule has 0 heterocycles. The third kappa shape index (κ3) is 4.32. The van der Waals surface area contributed by atoms with Gasteiger partial charge in [-0.05, 0) is 48.1 Å². The number of hydrogen-bond donors (Lipinski definition) is 1. The molecule has 0 saturated heterocycles. The molecular weight excluding hydrogens is 254 g/mol. The third-order valence-corrected chi connectivity index (χ3v) is 5.20. The average Bonchev–Trinajstić information content (AvgIpc) is 2.42. The Morgan fingerprint density at radius 2 is 1.67 bits per heavy atom. The van der Waals surface area contributed by atoms with Crippen molar-refractivity contribution >= 4 is 0 Å². The fraction of sp³-hybridized carbons (Fsp3) is 0.700. The van der Waals surface area contributed by atoms with Gasteiger partial charge in [0.25, 0.3) is 0 Å². The van der Waals surface area contributed by atoms with Crippen molar-refractivity contribution in [2.24, 2.45) is 11.8 Å². The van der Waals surface area contributed by atoms with E-state index >= 15 is 0 Å². The summed E-state index contributed by atoms with van der Waals surface area (Å²) in [7, 11) is 0. The van der Waals surface area contributed by atoms with Gasteiger partial charge in [-0.25, -0.2) is 0 Å². The summed E-state index contributed by atoms with van der Waals surface area (Å²) in [5.74, 6) is 1.67. The number of hydrogen-bond acceptors (Lipinski definition) is 1. The molecule has 0 amide bonds. The molecular formula is C20H33N. The van der Waals surface area contributed by atoms with Gasteiger partial charge in [0.1, 0.15) is 0 Å². The van der Waals surface area contributed by atoms with Gasteiger partial charge in [-0.1, -0.05) is 65.3 Å². The Labute approximate surface area is 131 Å². The standard InChI is InChI=1S/C20H33N/c1-14-7-8-15(2)19(13-14)21-16(3)17-9-11-18(12-10-17)20(4,5)6/h9-12,14-16,19,21H,7-8,13H2,1-6H3. The summed E-state index contributed by atoms with van der Waals surface area (Å²) in [5.41, 5.74) is 3.06. The SMILES string of the molecule is CC1CCC(C)C(NC(C)c2ccc(C(C)(C)C)cc2)C1. The summed E-state index contributed by atoms with van der Waals surface area (Å²) in [4.78, 5) is 0. The zero-order valence-electron chi connectivity index (χ0n) is 14.7. The monoisotopic (exact) mass is 287 g/mol. The first-order valence-electron chi connectivity index (χ1n) is 8.64. The fourth-order valence-corrected chi connectivity index (χ4v) is 3.45. The van der Waals surface area contributed by atoms with Crippen molar-refractivity contribution < 1.29 is 0 Å². The zero-order valence-corrected chi connectivity index (χ0v) is 14.7. The Morgan fingerprint density at radius 3 is 2.24 bits per heavy atom. The highest BCUT2D eigenvalue weighted by molar-refractivity contribution is 5.29. The van der Waals surface area contributed by atoms with Crippen LogP contribution in [0.3, 0.4) is 0 Å². The molecule has 1 saturated carbocycles. The van der Waals surface area contributed by atoms with Gasteiger partial charge in [0.15, 0.2) is 0 Å². The molecule has 1 nitrogen and oxygen atoms in total. The van der Waals surface area contributed by atoms with Crippen LogP contribution in [0.5, 0.6) is 0 Å². The molecule has 4 unspecified atom stereocenters. The van der Waals surface area contributed by atoms with Crippen LogP contribution in [0.1, 0.15) is 78.0 Å². The van der Waals surface area contributed by atoms with Crippen LogP contribution in [0.25, 0.3) is 0 Å². The fourth-order valence-electron chi connectivity index (χ4n) is 3.45. The molecule has 1 heteroatoms. The Morgan fingerprint density at radius 1 is 1.05 bits per heavy atom. The molecule has 1 aromatic rings. The van der Waals surface area contributed by atoms with E-state index in [0.717, 1.165) is 11.8 Å². The van der Waals surface area contributed by atoms with E-state index in [9.17, 15) is 0 Å². The smallest absolute Gasteiger partial charge is 0.0294 e. The van der Waals surface area contributed by atoms with Gasteiger partial charge in [0.2, 0.25) is 0 Å². The minimum atomic E-state index is 0.239. The summed E-state index contributed by atoms with van der Waals surface area (Å²) >= 11 is 0. The molecule has 1 aromatic carbocycles. The Balaban J connectivity index is 2.01. The van der Waals surface area contributed by atoms with Crippen molar-refractivity contribution in [1.82, 2.24) is 5.32 Å². The second kappa shape index (κ2) is 6.52. The molecule has 21 heavy (non-hydrogen) atoms. The van der Waals surface area contributed by atoms with Gasteiger partial charge in [-0.2, -0.15) is 0 Å². The number of nitrogens with one attached hydrogen (secondary N) is 1. The molecule has 1 aliphatic carbocycles. The molecule has 4 atom stereocenters. The van der Waals surface area contributed by atoms with Crippen LogP contribution in [0, 0.1) is 11.8 Å². The van der Waals surface area contributed by atoms with Gasteiger partial charge >= 0.3 is 0 Å². The van der Waals surface area contributed by atoms with E-state index in [-0.39, 0.29) is 5.41 Å². The van der Waals surface area contributed by atoms with Crippen LogP contribution in [-0.4, -0.2) is 6.04 Å². The van der Waals surface area contributed by atoms with E-state index in [0.29, 0.717) is 12.1 Å². The van der Waals surface area contributed by atoms with Crippen LogP contribution in [-0.2, 0) is 5.41 Å². The first-order chi connectivity index (χ1) is 9.77. The van der Waals surface area contributed by atoms with E-state index in [4.69, 9.17) is 0 Å². The largest absolute Gasteiger partial charge is 0.307 e. The van der Waals surface area contributed by atoms with Gasteiger partial charge in [-0.3, -0.25) is 0 Å². The second-order valence-electron chi connectivity index (χ2n) is 8.26. The summed E-state index contributed by atoms with van der Waals surface area (Å²) in [6.07, 6.45) is 4.09. The maximum Gasteiger partial charge on any atom is 0.0294 e. The van der Waals surface area contributed by atoms with Gasteiger partial charge in [0, 0.05) is 12.1 Å². The average molecular weight is 287 g/mol. The Bertz CT molecular complexity index is 440. The second-order valence-corrected chi connectivity index (χ2v) is 8.26. The van der Waals surface area contributed by atoms with Crippen molar-refractivity contribution in [2.75, 3.05) is 0 Å². The van der Waals surface area contributed by atoms with Gasteiger partial charge in [-0.15, -0.1) is 0 Å². The van der Waals surface area contributed by atoms with E-state index < -0.39 is 0 Å². The van der Waals surface area contributed by atoms with E-state index in [1.54, 1.807) is 0 Å². The van der Waals surface area contributed by atoms with Gasteiger partial charge in [0.05, 0.1) is 0 Å². The van der Waals surface area contributed by atoms with Gasteiger partial charge < -0.3 is 5.32 Å². The predicted molar refractivity (Wildman–Crippen MR) is 92.7 cm³/mol. The summed E-state index contributed by atoms with van der Waals surface area (Å²) < 4.78 is 0. The van der Waals surface area contributed by atoms with Crippen LogP contribution in [0.2, 0.25) is 0 Å². The van der Waals surface area contributed by atoms with Crippen molar-refractivity contribution in [3.8, 4) is 0 Å². The molecule has 0 aliphatic heterocycles. The van der Waals surface area contributed by atoms with Crippen molar-refractivity contribution in [2.45, 2.75) is 78.3 Å². The zero-order chi connectivity index (χ0) is 15.6. The number of benzene rings is 1. The molecule has 0 spiro atoms. The maximum atomic E-state index is 3.87. The van der Waals surface area contributed by atoms with E-state index in [1.807, 2.05) is 0 Å². The van der Waals surface area contributed by atoms with Crippen molar-refractivity contribution in [3.05, 3.63) is 35.4 Å². The van der Waals surface area contributed by atoms with Crippen LogP contribution < -0.4 is 5.32 Å². The molecule has 0 aromatic heterocycles. The summed E-state index contributed by atoms with van der Waals surface area (Å²) in [6.45, 7) is 13.9. The Hall–Kier alpha value is -0.820. The lowest BCUT2D eigenvalue weighted by Gasteiger charge is -2.35. The minimum absolute atomic E-state index is 0.239. The quantitative estimate of drug-likeness (QED) is 0.778. The third-order valence-electron chi connectivity index (χ3n) is 5.20. The van der Waals surface area contributed by atoms with Crippen molar-refractivity contribution in [3.63, 3.8) is 0 Å². The maximum absolute atomic E-state index is 3.87. The first kappa shape index (κ1) is 16.5. The molecule has 0 radical (unpaired) electrons. The van der Waals surface area contributed by atoms with Crippen LogP contribution >= 0.6 is 0 Å². The lowest BCUT2D eigenvalue weighted by Crippen LogP contribution is -2.40. The summed E-state index contributed by atoms with van der Waals surface area (Å²) in [6, 6.07) is 10.3. The molecule has 118 valence electrons. The highest BCUT2D eigenvalue weighted by atomic mass is 15.0. The lowest BCUT2D eigenvalue weighted by molar-refractivity contribution is 0.216. The lowest BCUT2D eigenvalue weighted by atomic mass is 9.79. The topological polar surface area (TPSA) is 12.0 Å². The van der Waals surface area contributed by atoms with Crippen LogP contribution in [0.15, 0.2) is 24.3 Å². The predicted octanol–water partition coefficient (Wildman–Crippen LogP) is 5.46. The molecule has 1 aliphatic rings. The highest BCUT2D eigenvalue weighted by Gasteiger charge is 2.26. The van der Waals surface area contributed by atoms with Crippen LogP contribution in [0.4, 0.5) is 0 Å². The number of rotatable bonds is 3. The normalized spacial score (nSPS) is 28.4. The molecule has 2 rings (SSSR count). The highest BCUT2D eigenvalue weighted by Crippen LogP contribution is 2.30. The van der Waals surface area contributed by atoms with Crippen molar-refractivity contribution in [1.29, 1.82) is 0 Å².